The van der Waals surface area contributed by atoms with E-state index >= 15 is 0 Å². The van der Waals surface area contributed by atoms with Crippen LogP contribution in [0.3, 0.4) is 0 Å². The summed E-state index contributed by atoms with van der Waals surface area (Å²) in [6, 6.07) is 9.93. The van der Waals surface area contributed by atoms with E-state index in [0.29, 0.717) is 18.7 Å². The van der Waals surface area contributed by atoms with Crippen molar-refractivity contribution in [1.82, 2.24) is 9.88 Å². The highest BCUT2D eigenvalue weighted by molar-refractivity contribution is 5.94. The van der Waals surface area contributed by atoms with E-state index in [1.54, 1.807) is 0 Å². The molecule has 1 aromatic carbocycles. The first-order valence-corrected chi connectivity index (χ1v) is 6.99. The van der Waals surface area contributed by atoms with Crippen LogP contribution in [-0.4, -0.2) is 35.8 Å². The van der Waals surface area contributed by atoms with Gasteiger partial charge in [0.05, 0.1) is 0 Å². The van der Waals surface area contributed by atoms with Gasteiger partial charge in [0.25, 0.3) is 5.91 Å². The number of carbonyl (C=O) groups is 1. The number of rotatable bonds is 6. The molecule has 2 rings (SSSR count). The average Bonchev–Trinajstić information content (AvgIpc) is 2.89. The molecule has 0 radical (unpaired) electrons. The maximum absolute atomic E-state index is 12.1. The molecule has 0 fully saturated rings. The van der Waals surface area contributed by atoms with Crippen LogP contribution < -0.4 is 10.6 Å². The van der Waals surface area contributed by atoms with Gasteiger partial charge >= 0.3 is 0 Å². The van der Waals surface area contributed by atoms with Gasteiger partial charge in [-0.3, -0.25) is 4.79 Å². The van der Waals surface area contributed by atoms with Crippen molar-refractivity contribution >= 4 is 11.6 Å². The lowest BCUT2D eigenvalue weighted by Crippen LogP contribution is -2.26. The second-order valence-corrected chi connectivity index (χ2v) is 4.89. The zero-order valence-corrected chi connectivity index (χ0v) is 12.4. The molecule has 0 spiro atoms. The van der Waals surface area contributed by atoms with Gasteiger partial charge in [0, 0.05) is 44.7 Å². The van der Waals surface area contributed by atoms with Crippen LogP contribution in [0.15, 0.2) is 36.5 Å². The summed E-state index contributed by atoms with van der Waals surface area (Å²) < 4.78 is 1.82. The molecule has 112 valence electrons. The normalized spacial score (nSPS) is 10.4. The molecule has 21 heavy (non-hydrogen) atoms. The molecular weight excluding hydrogens is 266 g/mol. The number of hydrogen-bond acceptors (Lipinski definition) is 3. The minimum absolute atomic E-state index is 0.0798. The molecule has 5 nitrogen and oxygen atoms in total. The third-order valence-electron chi connectivity index (χ3n) is 3.36. The Morgan fingerprint density at radius 2 is 1.95 bits per heavy atom. The van der Waals surface area contributed by atoms with Crippen LogP contribution in [0.25, 0.3) is 11.1 Å². The van der Waals surface area contributed by atoms with E-state index in [-0.39, 0.29) is 12.5 Å². The van der Waals surface area contributed by atoms with Crippen LogP contribution in [0, 0.1) is 0 Å². The average molecular weight is 287 g/mol. The second-order valence-electron chi connectivity index (χ2n) is 4.89. The summed E-state index contributed by atoms with van der Waals surface area (Å²) in [6.45, 7) is 0.559. The fraction of sp³-hybridized carbons (Fsp3) is 0.312. The minimum Gasteiger partial charge on any atom is -0.396 e. The van der Waals surface area contributed by atoms with Crippen LogP contribution in [0.2, 0.25) is 0 Å². The fourth-order valence-corrected chi connectivity index (χ4v) is 2.15. The molecule has 1 heterocycles. The second kappa shape index (κ2) is 6.95. The van der Waals surface area contributed by atoms with Gasteiger partial charge < -0.3 is 20.3 Å². The van der Waals surface area contributed by atoms with Crippen LogP contribution >= 0.6 is 0 Å². The van der Waals surface area contributed by atoms with Crippen LogP contribution in [0.1, 0.15) is 16.9 Å². The Hall–Kier alpha value is -2.27. The quantitative estimate of drug-likeness (QED) is 0.710. The third-order valence-corrected chi connectivity index (χ3v) is 3.36. The largest absolute Gasteiger partial charge is 0.396 e. The molecule has 0 bridgehead atoms. The van der Waals surface area contributed by atoms with Crippen molar-refractivity contribution in [3.05, 3.63) is 42.2 Å². The fourth-order valence-electron chi connectivity index (χ4n) is 2.15. The number of nitrogens with zero attached hydrogens (tertiary/aromatic N) is 1. The van der Waals surface area contributed by atoms with E-state index in [1.165, 1.54) is 0 Å². The number of aryl methyl sites for hydroxylation is 1. The molecule has 0 aliphatic rings. The molecule has 1 aromatic heterocycles. The molecule has 5 heteroatoms. The summed E-state index contributed by atoms with van der Waals surface area (Å²) in [4.78, 5) is 12.1. The number of nitrogens with one attached hydrogen (secondary N) is 2. The zero-order chi connectivity index (χ0) is 15.2. The molecule has 0 atom stereocenters. The van der Waals surface area contributed by atoms with Crippen LogP contribution in [-0.2, 0) is 7.05 Å². The molecule has 2 aromatic rings. The topological polar surface area (TPSA) is 66.3 Å². The summed E-state index contributed by atoms with van der Waals surface area (Å²) in [5.74, 6) is -0.121. The van der Waals surface area contributed by atoms with Crippen molar-refractivity contribution in [2.75, 3.05) is 25.5 Å². The van der Waals surface area contributed by atoms with E-state index < -0.39 is 0 Å². The zero-order valence-electron chi connectivity index (χ0n) is 12.4. The Morgan fingerprint density at radius 1 is 1.24 bits per heavy atom. The van der Waals surface area contributed by atoms with Crippen molar-refractivity contribution in [1.29, 1.82) is 0 Å². The van der Waals surface area contributed by atoms with Crippen LogP contribution in [0.5, 0.6) is 0 Å². The molecule has 1 amide bonds. The molecule has 3 N–H and O–H groups in total. The van der Waals surface area contributed by atoms with Gasteiger partial charge in [0.15, 0.2) is 0 Å². The number of benzene rings is 1. The van der Waals surface area contributed by atoms with Gasteiger partial charge in [-0.15, -0.1) is 0 Å². The number of carbonyl (C=O) groups excluding carboxylic acids is 1. The number of aromatic nitrogens is 1. The predicted octanol–water partition coefficient (Wildman–Crippen LogP) is 1.85. The number of hydrogen-bond donors (Lipinski definition) is 3. The minimum atomic E-state index is -0.121. The van der Waals surface area contributed by atoms with Crippen molar-refractivity contribution in [2.24, 2.45) is 7.05 Å². The summed E-state index contributed by atoms with van der Waals surface area (Å²) in [5.41, 5.74) is 3.74. The summed E-state index contributed by atoms with van der Waals surface area (Å²) in [5, 5.41) is 14.6. The lowest BCUT2D eigenvalue weighted by molar-refractivity contribution is 0.0943. The van der Waals surface area contributed by atoms with Crippen molar-refractivity contribution in [3.63, 3.8) is 0 Å². The number of aliphatic hydroxyl groups excluding tert-OH is 1. The first-order valence-electron chi connectivity index (χ1n) is 6.99. The Labute approximate surface area is 124 Å². The Kier molecular flexibility index (Phi) is 5.00. The van der Waals surface area contributed by atoms with E-state index in [9.17, 15) is 4.79 Å². The molecule has 0 saturated carbocycles. The van der Waals surface area contributed by atoms with Gasteiger partial charge in [0.2, 0.25) is 0 Å². The standard InChI is InChI=1S/C16H21N3O2/c1-17-14-6-4-12(5-7-14)13-10-15(19(2)11-13)16(21)18-8-3-9-20/h4-7,10-11,17,20H,3,8-9H2,1-2H3,(H,18,21). The number of aliphatic hydroxyl groups is 1. The van der Waals surface area contributed by atoms with Gasteiger partial charge in [-0.1, -0.05) is 12.1 Å². The van der Waals surface area contributed by atoms with Gasteiger partial charge in [-0.2, -0.15) is 0 Å². The van der Waals surface area contributed by atoms with Crippen LogP contribution in [0.4, 0.5) is 5.69 Å². The van der Waals surface area contributed by atoms with E-state index in [1.807, 2.05) is 55.2 Å². The Morgan fingerprint density at radius 3 is 2.57 bits per heavy atom. The third kappa shape index (κ3) is 3.64. The van der Waals surface area contributed by atoms with Crippen molar-refractivity contribution in [3.8, 4) is 11.1 Å². The predicted molar refractivity (Wildman–Crippen MR) is 84.4 cm³/mol. The van der Waals surface area contributed by atoms with Crippen molar-refractivity contribution < 1.29 is 9.90 Å². The first-order chi connectivity index (χ1) is 10.2. The molecular formula is C16H21N3O2. The first kappa shape index (κ1) is 15.1. The van der Waals surface area contributed by atoms with Crippen molar-refractivity contribution in [2.45, 2.75) is 6.42 Å². The monoisotopic (exact) mass is 287 g/mol. The summed E-state index contributed by atoms with van der Waals surface area (Å²) in [7, 11) is 3.73. The SMILES string of the molecule is CNc1ccc(-c2cc(C(=O)NCCCO)n(C)c2)cc1. The highest BCUT2D eigenvalue weighted by Gasteiger charge is 2.12. The molecule has 0 aliphatic carbocycles. The van der Waals surface area contributed by atoms with E-state index in [4.69, 9.17) is 5.11 Å². The maximum atomic E-state index is 12.1. The lowest BCUT2D eigenvalue weighted by Gasteiger charge is -2.04. The highest BCUT2D eigenvalue weighted by atomic mass is 16.3. The van der Waals surface area contributed by atoms with E-state index in [0.717, 1.165) is 16.8 Å². The summed E-state index contributed by atoms with van der Waals surface area (Å²) >= 11 is 0. The molecule has 0 saturated heterocycles. The Bertz CT molecular complexity index is 602. The molecule has 0 aliphatic heterocycles. The smallest absolute Gasteiger partial charge is 0.267 e. The number of anilines is 1. The van der Waals surface area contributed by atoms with Gasteiger partial charge in [-0.25, -0.2) is 0 Å². The maximum Gasteiger partial charge on any atom is 0.267 e. The highest BCUT2D eigenvalue weighted by Crippen LogP contribution is 2.23. The Balaban J connectivity index is 2.15. The lowest BCUT2D eigenvalue weighted by atomic mass is 10.1. The van der Waals surface area contributed by atoms with E-state index in [2.05, 4.69) is 10.6 Å². The van der Waals surface area contributed by atoms with Gasteiger partial charge in [-0.05, 0) is 30.2 Å². The molecule has 0 unspecified atom stereocenters. The number of amides is 1. The van der Waals surface area contributed by atoms with Gasteiger partial charge in [0.1, 0.15) is 5.69 Å². The summed E-state index contributed by atoms with van der Waals surface area (Å²) in [6.07, 6.45) is 2.50.